The van der Waals surface area contributed by atoms with Gasteiger partial charge in [-0.1, -0.05) is 11.6 Å². The van der Waals surface area contributed by atoms with E-state index in [1.54, 1.807) is 18.2 Å². The number of carbonyl (C=O) groups excluding carboxylic acids is 1. The number of isocyanates is 1. The first kappa shape index (κ1) is 8.78. The van der Waals surface area contributed by atoms with Crippen LogP contribution in [-0.2, 0) is 4.79 Å². The number of rotatable bonds is 2. The van der Waals surface area contributed by atoms with Crippen molar-refractivity contribution in [1.82, 2.24) is 0 Å². The van der Waals surface area contributed by atoms with E-state index >= 15 is 0 Å². The Labute approximate surface area is 74.6 Å². The van der Waals surface area contributed by atoms with E-state index in [4.69, 9.17) is 16.3 Å². The first-order valence-corrected chi connectivity index (χ1v) is 3.57. The van der Waals surface area contributed by atoms with Gasteiger partial charge in [0, 0.05) is 6.07 Å². The van der Waals surface area contributed by atoms with Crippen molar-refractivity contribution in [3.05, 3.63) is 23.2 Å². The van der Waals surface area contributed by atoms with E-state index in [0.29, 0.717) is 16.5 Å². The molecule has 3 nitrogen and oxygen atoms in total. The third-order valence-corrected chi connectivity index (χ3v) is 1.62. The van der Waals surface area contributed by atoms with Gasteiger partial charge in [0.2, 0.25) is 6.08 Å². The van der Waals surface area contributed by atoms with Gasteiger partial charge in [0.15, 0.2) is 0 Å². The van der Waals surface area contributed by atoms with Gasteiger partial charge in [-0.3, -0.25) is 0 Å². The van der Waals surface area contributed by atoms with Gasteiger partial charge in [-0.25, -0.2) is 4.79 Å². The zero-order valence-corrected chi connectivity index (χ0v) is 7.13. The minimum atomic E-state index is 0.373. The Morgan fingerprint density at radius 1 is 1.58 bits per heavy atom. The van der Waals surface area contributed by atoms with Crippen molar-refractivity contribution in [3.8, 4) is 5.75 Å². The molecule has 0 N–H and O–H groups in total. The Morgan fingerprint density at radius 2 is 2.33 bits per heavy atom. The highest BCUT2D eigenvalue weighted by Crippen LogP contribution is 2.28. The van der Waals surface area contributed by atoms with Gasteiger partial charge in [-0.05, 0) is 12.1 Å². The van der Waals surface area contributed by atoms with E-state index < -0.39 is 0 Å². The lowest BCUT2D eigenvalue weighted by molar-refractivity contribution is 0.415. The van der Waals surface area contributed by atoms with Gasteiger partial charge in [-0.15, -0.1) is 0 Å². The zero-order chi connectivity index (χ0) is 8.97. The molecule has 0 atom stereocenters. The Balaban J connectivity index is 3.11. The van der Waals surface area contributed by atoms with Crippen molar-refractivity contribution >= 4 is 23.4 Å². The Morgan fingerprint density at radius 3 is 2.83 bits per heavy atom. The summed E-state index contributed by atoms with van der Waals surface area (Å²) in [5.74, 6) is 0.629. The van der Waals surface area contributed by atoms with Crippen LogP contribution in [0.4, 0.5) is 5.69 Å². The molecule has 12 heavy (non-hydrogen) atoms. The number of ether oxygens (including phenoxy) is 1. The van der Waals surface area contributed by atoms with Gasteiger partial charge in [-0.2, -0.15) is 4.99 Å². The maximum absolute atomic E-state index is 9.90. The van der Waals surface area contributed by atoms with Crippen molar-refractivity contribution in [1.29, 1.82) is 0 Å². The summed E-state index contributed by atoms with van der Waals surface area (Å²) in [5, 5.41) is 0.373. The highest BCUT2D eigenvalue weighted by molar-refractivity contribution is 6.33. The molecule has 0 aliphatic heterocycles. The molecule has 62 valence electrons. The summed E-state index contributed by atoms with van der Waals surface area (Å²) in [6.45, 7) is 0. The molecule has 1 rings (SSSR count). The normalized spacial score (nSPS) is 8.83. The average molecular weight is 184 g/mol. The molecular weight excluding hydrogens is 178 g/mol. The molecule has 0 amide bonds. The molecule has 1 aromatic rings. The van der Waals surface area contributed by atoms with Crippen LogP contribution in [0.3, 0.4) is 0 Å². The fourth-order valence-electron chi connectivity index (χ4n) is 0.754. The fourth-order valence-corrected chi connectivity index (χ4v) is 0.967. The Bertz CT molecular complexity index is 332. The SMILES string of the molecule is COc1ccc(N=C=O)c(Cl)c1. The van der Waals surface area contributed by atoms with E-state index in [1.807, 2.05) is 0 Å². The minimum absolute atomic E-state index is 0.373. The Hall–Kier alpha value is -1.31. The summed E-state index contributed by atoms with van der Waals surface area (Å²) < 4.78 is 4.90. The van der Waals surface area contributed by atoms with Crippen LogP contribution in [0, 0.1) is 0 Å². The van der Waals surface area contributed by atoms with Crippen LogP contribution in [0.1, 0.15) is 0 Å². The second-order valence-corrected chi connectivity index (χ2v) is 2.43. The van der Waals surface area contributed by atoms with Crippen molar-refractivity contribution in [2.75, 3.05) is 7.11 Å². The number of nitrogens with zero attached hydrogens (tertiary/aromatic N) is 1. The van der Waals surface area contributed by atoms with Crippen molar-refractivity contribution in [2.24, 2.45) is 4.99 Å². The molecule has 0 heterocycles. The van der Waals surface area contributed by atoms with Crippen LogP contribution in [0.25, 0.3) is 0 Å². The molecule has 1 aromatic carbocycles. The summed E-state index contributed by atoms with van der Waals surface area (Å²) in [4.78, 5) is 13.3. The Kier molecular flexibility index (Phi) is 2.86. The van der Waals surface area contributed by atoms with Gasteiger partial charge in [0.25, 0.3) is 0 Å². The van der Waals surface area contributed by atoms with Crippen LogP contribution in [0.2, 0.25) is 5.02 Å². The third kappa shape index (κ3) is 1.84. The van der Waals surface area contributed by atoms with E-state index in [2.05, 4.69) is 4.99 Å². The number of hydrogen-bond donors (Lipinski definition) is 0. The van der Waals surface area contributed by atoms with E-state index in [1.165, 1.54) is 13.2 Å². The fraction of sp³-hybridized carbons (Fsp3) is 0.125. The van der Waals surface area contributed by atoms with Gasteiger partial charge in [0.05, 0.1) is 17.8 Å². The summed E-state index contributed by atoms with van der Waals surface area (Å²) in [6, 6.07) is 4.84. The number of methoxy groups -OCH3 is 1. The molecule has 0 bridgehead atoms. The molecule has 0 spiro atoms. The van der Waals surface area contributed by atoms with Crippen LogP contribution in [0.15, 0.2) is 23.2 Å². The first-order valence-electron chi connectivity index (χ1n) is 3.19. The summed E-state index contributed by atoms with van der Waals surface area (Å²) in [6.07, 6.45) is 1.41. The average Bonchev–Trinajstić information content (AvgIpc) is 2.09. The lowest BCUT2D eigenvalue weighted by Gasteiger charge is -2.00. The van der Waals surface area contributed by atoms with Crippen molar-refractivity contribution in [2.45, 2.75) is 0 Å². The van der Waals surface area contributed by atoms with Crippen molar-refractivity contribution < 1.29 is 9.53 Å². The smallest absolute Gasteiger partial charge is 0.240 e. The van der Waals surface area contributed by atoms with Gasteiger partial charge in [0.1, 0.15) is 5.75 Å². The molecule has 0 aliphatic rings. The minimum Gasteiger partial charge on any atom is -0.497 e. The highest BCUT2D eigenvalue weighted by atomic mass is 35.5. The maximum atomic E-state index is 9.90. The number of hydrogen-bond acceptors (Lipinski definition) is 3. The molecule has 0 saturated heterocycles. The number of halogens is 1. The highest BCUT2D eigenvalue weighted by Gasteiger charge is 1.99. The molecule has 0 saturated carbocycles. The predicted molar refractivity (Wildman–Crippen MR) is 45.8 cm³/mol. The van der Waals surface area contributed by atoms with Crippen LogP contribution >= 0.6 is 11.6 Å². The molecular formula is C8H6ClNO2. The van der Waals surface area contributed by atoms with Gasteiger partial charge >= 0.3 is 0 Å². The van der Waals surface area contributed by atoms with Crippen LogP contribution in [0.5, 0.6) is 5.75 Å². The zero-order valence-electron chi connectivity index (χ0n) is 6.37. The monoisotopic (exact) mass is 183 g/mol. The third-order valence-electron chi connectivity index (χ3n) is 1.32. The largest absolute Gasteiger partial charge is 0.497 e. The maximum Gasteiger partial charge on any atom is 0.240 e. The van der Waals surface area contributed by atoms with Gasteiger partial charge < -0.3 is 4.74 Å². The lowest BCUT2D eigenvalue weighted by atomic mass is 10.3. The van der Waals surface area contributed by atoms with E-state index in [0.717, 1.165) is 0 Å². The topological polar surface area (TPSA) is 38.7 Å². The standard InChI is InChI=1S/C8H6ClNO2/c1-12-6-2-3-8(10-5-11)7(9)4-6/h2-4H,1H3. The van der Waals surface area contributed by atoms with Crippen molar-refractivity contribution in [3.63, 3.8) is 0 Å². The number of aliphatic imine (C=N–C) groups is 1. The lowest BCUT2D eigenvalue weighted by Crippen LogP contribution is -1.81. The van der Waals surface area contributed by atoms with E-state index in [9.17, 15) is 4.79 Å². The molecule has 0 aromatic heterocycles. The number of benzene rings is 1. The molecule has 4 heteroatoms. The first-order chi connectivity index (χ1) is 5.77. The van der Waals surface area contributed by atoms with Crippen LogP contribution < -0.4 is 4.74 Å². The van der Waals surface area contributed by atoms with E-state index in [-0.39, 0.29) is 0 Å². The molecule has 0 fully saturated rings. The summed E-state index contributed by atoms with van der Waals surface area (Å²) >= 11 is 5.73. The second kappa shape index (κ2) is 3.90. The second-order valence-electron chi connectivity index (χ2n) is 2.02. The summed E-state index contributed by atoms with van der Waals surface area (Å²) in [5.41, 5.74) is 0.396. The molecule has 0 radical (unpaired) electrons. The molecule has 0 unspecified atom stereocenters. The van der Waals surface area contributed by atoms with Crippen LogP contribution in [-0.4, -0.2) is 13.2 Å². The summed E-state index contributed by atoms with van der Waals surface area (Å²) in [7, 11) is 1.54. The predicted octanol–water partition coefficient (Wildman–Crippen LogP) is 2.32. The quantitative estimate of drug-likeness (QED) is 0.521. The molecule has 0 aliphatic carbocycles.